The van der Waals surface area contributed by atoms with Crippen LogP contribution in [0.1, 0.15) is 50.5 Å². The lowest BCUT2D eigenvalue weighted by Gasteiger charge is -2.31. The third-order valence-corrected chi connectivity index (χ3v) is 5.90. The number of hydrogen-bond donors (Lipinski definition) is 1. The summed E-state index contributed by atoms with van der Waals surface area (Å²) >= 11 is 1.35. The summed E-state index contributed by atoms with van der Waals surface area (Å²) in [6.07, 6.45) is -3.29. The smallest absolute Gasteiger partial charge is 0.435 e. The Bertz CT molecular complexity index is 898. The highest BCUT2D eigenvalue weighted by Gasteiger charge is 2.35. The summed E-state index contributed by atoms with van der Waals surface area (Å²) in [7, 11) is 0. The van der Waals surface area contributed by atoms with Crippen LogP contribution in [-0.2, 0) is 17.5 Å². The minimum atomic E-state index is -4.54. The van der Waals surface area contributed by atoms with Crippen LogP contribution in [0, 0.1) is 13.8 Å². The van der Waals surface area contributed by atoms with Gasteiger partial charge in [-0.25, -0.2) is 9.78 Å². The van der Waals surface area contributed by atoms with Crippen molar-refractivity contribution in [2.45, 2.75) is 45.3 Å². The Labute approximate surface area is 162 Å². The zero-order chi connectivity index (χ0) is 20.6. The Hall–Kier alpha value is -2.43. The van der Waals surface area contributed by atoms with Crippen LogP contribution < -0.4 is 0 Å². The number of nitrogens with zero attached hydrogens (tertiary/aromatic N) is 4. The van der Waals surface area contributed by atoms with Gasteiger partial charge in [0, 0.05) is 29.6 Å². The molecule has 0 saturated carbocycles. The fraction of sp³-hybridized carbons (Fsp3) is 0.529. The quantitative estimate of drug-likeness (QED) is 0.828. The van der Waals surface area contributed by atoms with Gasteiger partial charge in [0.25, 0.3) is 0 Å². The lowest BCUT2D eigenvalue weighted by molar-refractivity contribution is -0.142. The Morgan fingerprint density at radius 2 is 1.93 bits per heavy atom. The van der Waals surface area contributed by atoms with E-state index in [-0.39, 0.29) is 29.8 Å². The van der Waals surface area contributed by atoms with E-state index in [9.17, 15) is 22.8 Å². The van der Waals surface area contributed by atoms with Gasteiger partial charge in [-0.3, -0.25) is 9.48 Å². The molecule has 1 amide bonds. The van der Waals surface area contributed by atoms with Crippen LogP contribution in [-0.4, -0.2) is 49.7 Å². The molecule has 11 heteroatoms. The zero-order valence-corrected chi connectivity index (χ0v) is 16.1. The van der Waals surface area contributed by atoms with E-state index >= 15 is 0 Å². The molecule has 1 aliphatic heterocycles. The number of piperidine rings is 1. The van der Waals surface area contributed by atoms with Crippen molar-refractivity contribution in [2.75, 3.05) is 13.1 Å². The molecule has 3 heterocycles. The lowest BCUT2D eigenvalue weighted by Crippen LogP contribution is -2.40. The topological polar surface area (TPSA) is 88.3 Å². The minimum Gasteiger partial charge on any atom is -0.476 e. The largest absolute Gasteiger partial charge is 0.476 e. The highest BCUT2D eigenvalue weighted by molar-refractivity contribution is 7.12. The predicted octanol–water partition coefficient (Wildman–Crippen LogP) is 3.08. The van der Waals surface area contributed by atoms with Crippen molar-refractivity contribution in [3.63, 3.8) is 0 Å². The fourth-order valence-electron chi connectivity index (χ4n) is 3.20. The Morgan fingerprint density at radius 1 is 1.29 bits per heavy atom. The molecular weight excluding hydrogens is 397 g/mol. The molecule has 1 N–H and O–H groups in total. The van der Waals surface area contributed by atoms with E-state index < -0.39 is 17.8 Å². The van der Waals surface area contributed by atoms with Gasteiger partial charge in [-0.15, -0.1) is 11.3 Å². The number of aryl methyl sites for hydroxylation is 2. The number of amides is 1. The summed E-state index contributed by atoms with van der Waals surface area (Å²) < 4.78 is 39.3. The molecule has 3 rings (SSSR count). The van der Waals surface area contributed by atoms with Gasteiger partial charge >= 0.3 is 12.1 Å². The summed E-state index contributed by atoms with van der Waals surface area (Å²) in [5.41, 5.74) is -0.673. The molecule has 1 saturated heterocycles. The molecule has 0 spiro atoms. The van der Waals surface area contributed by atoms with Crippen LogP contribution in [0.15, 0.2) is 6.07 Å². The summed E-state index contributed by atoms with van der Waals surface area (Å²) in [5, 5.41) is 13.4. The van der Waals surface area contributed by atoms with Crippen molar-refractivity contribution in [3.05, 3.63) is 33.0 Å². The number of aromatic nitrogens is 3. The summed E-state index contributed by atoms with van der Waals surface area (Å²) in [5.74, 6) is -1.27. The first-order valence-electron chi connectivity index (χ1n) is 8.66. The maximum Gasteiger partial charge on any atom is 0.435 e. The van der Waals surface area contributed by atoms with Gasteiger partial charge in [-0.05, 0) is 32.8 Å². The molecule has 28 heavy (non-hydrogen) atoms. The van der Waals surface area contributed by atoms with E-state index in [4.69, 9.17) is 5.11 Å². The van der Waals surface area contributed by atoms with Gasteiger partial charge in [-0.2, -0.15) is 18.3 Å². The molecule has 1 aliphatic rings. The minimum absolute atomic E-state index is 0.0631. The molecular formula is C17H19F3N4O3S. The first-order valence-corrected chi connectivity index (χ1v) is 9.48. The van der Waals surface area contributed by atoms with Crippen molar-refractivity contribution >= 4 is 23.2 Å². The number of carbonyl (C=O) groups excluding carboxylic acids is 1. The maximum absolute atomic E-state index is 12.7. The zero-order valence-electron chi connectivity index (χ0n) is 15.3. The van der Waals surface area contributed by atoms with Crippen LogP contribution in [0.5, 0.6) is 0 Å². The highest BCUT2D eigenvalue weighted by Crippen LogP contribution is 2.33. The molecule has 152 valence electrons. The molecule has 0 radical (unpaired) electrons. The third kappa shape index (κ3) is 4.18. The van der Waals surface area contributed by atoms with Gasteiger partial charge in [0.1, 0.15) is 6.54 Å². The van der Waals surface area contributed by atoms with Crippen molar-refractivity contribution in [3.8, 4) is 0 Å². The number of rotatable bonds is 4. The number of carbonyl (C=O) groups is 2. The Morgan fingerprint density at radius 3 is 2.43 bits per heavy atom. The summed E-state index contributed by atoms with van der Waals surface area (Å²) in [6, 6.07) is 0.921. The van der Waals surface area contributed by atoms with Crippen LogP contribution in [0.2, 0.25) is 0 Å². The molecule has 0 atom stereocenters. The van der Waals surface area contributed by atoms with E-state index in [1.165, 1.54) is 18.3 Å². The van der Waals surface area contributed by atoms with Crippen LogP contribution in [0.3, 0.4) is 0 Å². The number of alkyl halides is 3. The summed E-state index contributed by atoms with van der Waals surface area (Å²) in [6.45, 7) is 3.83. The van der Waals surface area contributed by atoms with E-state index in [2.05, 4.69) is 10.1 Å². The molecule has 7 nitrogen and oxygen atoms in total. The van der Waals surface area contributed by atoms with Crippen LogP contribution in [0.4, 0.5) is 13.2 Å². The number of carboxylic acid groups (broad SMARTS) is 1. The second-order valence-corrected chi connectivity index (χ2v) is 7.98. The van der Waals surface area contributed by atoms with Gasteiger partial charge in [0.2, 0.25) is 5.91 Å². The summed E-state index contributed by atoms with van der Waals surface area (Å²) in [4.78, 5) is 30.1. The van der Waals surface area contributed by atoms with Crippen molar-refractivity contribution < 1.29 is 27.9 Å². The molecule has 0 bridgehead atoms. The van der Waals surface area contributed by atoms with Crippen molar-refractivity contribution in [2.24, 2.45) is 0 Å². The van der Waals surface area contributed by atoms with Crippen molar-refractivity contribution in [1.82, 2.24) is 19.7 Å². The average molecular weight is 416 g/mol. The number of thiazole rings is 1. The first kappa shape index (κ1) is 20.3. The Balaban J connectivity index is 1.61. The average Bonchev–Trinajstić information content (AvgIpc) is 3.18. The molecule has 0 aliphatic carbocycles. The molecule has 0 unspecified atom stereocenters. The van der Waals surface area contributed by atoms with E-state index in [1.807, 2.05) is 0 Å². The number of aromatic carboxylic acids is 1. The van der Waals surface area contributed by atoms with E-state index in [0.29, 0.717) is 30.8 Å². The second-order valence-electron chi connectivity index (χ2n) is 6.74. The molecule has 0 aromatic carbocycles. The van der Waals surface area contributed by atoms with Crippen molar-refractivity contribution in [1.29, 1.82) is 0 Å². The predicted molar refractivity (Wildman–Crippen MR) is 94.3 cm³/mol. The lowest BCUT2D eigenvalue weighted by atomic mass is 9.97. The Kier molecular flexibility index (Phi) is 5.46. The molecule has 2 aromatic heterocycles. The highest BCUT2D eigenvalue weighted by atomic mass is 32.1. The van der Waals surface area contributed by atoms with Gasteiger partial charge in [-0.1, -0.05) is 0 Å². The number of halogens is 3. The number of hydrogen-bond acceptors (Lipinski definition) is 5. The normalized spacial score (nSPS) is 15.8. The van der Waals surface area contributed by atoms with Crippen LogP contribution >= 0.6 is 11.3 Å². The van der Waals surface area contributed by atoms with E-state index in [0.717, 1.165) is 15.8 Å². The maximum atomic E-state index is 12.7. The SMILES string of the molecule is Cc1sc(C2CCN(C(=O)Cn3nc(C(F)(F)F)cc3C)CC2)nc1C(=O)O. The second kappa shape index (κ2) is 7.53. The molecule has 1 fully saturated rings. The molecule has 2 aromatic rings. The fourth-order valence-corrected chi connectivity index (χ4v) is 4.29. The number of likely N-dealkylation sites (tertiary alicyclic amines) is 1. The van der Waals surface area contributed by atoms with Gasteiger partial charge in [0.15, 0.2) is 11.4 Å². The number of carboxylic acids is 1. The standard InChI is InChI=1S/C17H19F3N4O3S/c1-9-7-12(17(18,19)20)22-24(9)8-13(25)23-5-3-11(4-6-23)15-21-14(16(26)27)10(2)28-15/h7,11H,3-6,8H2,1-2H3,(H,26,27). The van der Waals surface area contributed by atoms with Crippen LogP contribution in [0.25, 0.3) is 0 Å². The monoisotopic (exact) mass is 416 g/mol. The van der Waals surface area contributed by atoms with Gasteiger partial charge in [0.05, 0.1) is 5.01 Å². The first-order chi connectivity index (χ1) is 13.1. The van der Waals surface area contributed by atoms with Gasteiger partial charge < -0.3 is 10.0 Å². The van der Waals surface area contributed by atoms with E-state index in [1.54, 1.807) is 11.8 Å². The third-order valence-electron chi connectivity index (χ3n) is 4.77.